The van der Waals surface area contributed by atoms with Crippen molar-refractivity contribution in [2.45, 2.75) is 11.3 Å². The summed E-state index contributed by atoms with van der Waals surface area (Å²) in [5.74, 6) is 1.20. The molecule has 1 aromatic rings. The van der Waals surface area contributed by atoms with Gasteiger partial charge in [-0.05, 0) is 24.3 Å². The highest BCUT2D eigenvalue weighted by molar-refractivity contribution is 8.24. The summed E-state index contributed by atoms with van der Waals surface area (Å²) in [4.78, 5) is 1.97. The number of nitrogens with zero attached hydrogens (tertiary/aromatic N) is 1. The van der Waals surface area contributed by atoms with E-state index in [9.17, 15) is 8.42 Å². The molecule has 0 radical (unpaired) electrons. The summed E-state index contributed by atoms with van der Waals surface area (Å²) in [6, 6.07) is 7.52. The lowest BCUT2D eigenvalue weighted by atomic mass is 10.2. The van der Waals surface area contributed by atoms with Crippen molar-refractivity contribution < 1.29 is 13.2 Å². The molecule has 0 N–H and O–H groups in total. The third-order valence-electron chi connectivity index (χ3n) is 3.40. The van der Waals surface area contributed by atoms with Gasteiger partial charge in [-0.25, -0.2) is 8.42 Å². The molecule has 2 heterocycles. The molecular formula is C12H13NO3S3. The Morgan fingerprint density at radius 1 is 1.32 bits per heavy atom. The van der Waals surface area contributed by atoms with E-state index in [2.05, 4.69) is 0 Å². The molecule has 2 aliphatic heterocycles. The van der Waals surface area contributed by atoms with Gasteiger partial charge in [0.2, 0.25) is 0 Å². The zero-order valence-corrected chi connectivity index (χ0v) is 12.7. The molecule has 0 aliphatic carbocycles. The summed E-state index contributed by atoms with van der Waals surface area (Å²) >= 11 is 6.87. The van der Waals surface area contributed by atoms with Crippen LogP contribution in [0.1, 0.15) is 0 Å². The molecule has 102 valence electrons. The van der Waals surface area contributed by atoms with Crippen LogP contribution in [0.15, 0.2) is 24.3 Å². The number of thioether (sulfide) groups is 1. The third-order valence-corrected chi connectivity index (χ3v) is 7.00. The fraction of sp³-hybridized carbons (Fsp3) is 0.417. The van der Waals surface area contributed by atoms with E-state index in [1.807, 2.05) is 29.2 Å². The summed E-state index contributed by atoms with van der Waals surface area (Å²) in [5.41, 5.74) is 0.933. The molecule has 0 bridgehead atoms. The molecule has 2 atom stereocenters. The van der Waals surface area contributed by atoms with Crippen LogP contribution in [0.5, 0.6) is 5.75 Å². The van der Waals surface area contributed by atoms with Gasteiger partial charge in [0.15, 0.2) is 9.84 Å². The summed E-state index contributed by atoms with van der Waals surface area (Å²) in [5, 5.41) is 0.0691. The maximum absolute atomic E-state index is 11.7. The number of rotatable bonds is 2. The minimum Gasteiger partial charge on any atom is -0.497 e. The van der Waals surface area contributed by atoms with Crippen LogP contribution in [0.4, 0.5) is 5.69 Å². The van der Waals surface area contributed by atoms with Crippen molar-refractivity contribution in [3.05, 3.63) is 24.3 Å². The maximum Gasteiger partial charge on any atom is 0.153 e. The van der Waals surface area contributed by atoms with Crippen molar-refractivity contribution >= 4 is 43.8 Å². The first kappa shape index (κ1) is 13.2. The Hall–Kier alpha value is -0.790. The van der Waals surface area contributed by atoms with E-state index >= 15 is 0 Å². The van der Waals surface area contributed by atoms with Gasteiger partial charge in [-0.15, -0.1) is 0 Å². The number of benzene rings is 1. The van der Waals surface area contributed by atoms with E-state index in [0.29, 0.717) is 0 Å². The SMILES string of the molecule is COc1ccc(N2C(=S)S[C@@H]3CS(=O)(=O)C[C@@H]32)cc1. The van der Waals surface area contributed by atoms with Crippen molar-refractivity contribution in [2.75, 3.05) is 23.5 Å². The average Bonchev–Trinajstić information content (AvgIpc) is 2.79. The van der Waals surface area contributed by atoms with Crippen LogP contribution in [0.2, 0.25) is 0 Å². The van der Waals surface area contributed by atoms with Gasteiger partial charge in [0, 0.05) is 10.9 Å². The number of hydrogen-bond acceptors (Lipinski definition) is 5. The van der Waals surface area contributed by atoms with Gasteiger partial charge >= 0.3 is 0 Å². The topological polar surface area (TPSA) is 46.6 Å². The zero-order chi connectivity index (χ0) is 13.6. The van der Waals surface area contributed by atoms with Crippen LogP contribution in [-0.2, 0) is 9.84 Å². The Morgan fingerprint density at radius 2 is 2.00 bits per heavy atom. The number of sulfone groups is 1. The monoisotopic (exact) mass is 315 g/mol. The van der Waals surface area contributed by atoms with Crippen LogP contribution in [-0.4, -0.2) is 42.6 Å². The van der Waals surface area contributed by atoms with Crippen LogP contribution in [0.25, 0.3) is 0 Å². The Kier molecular flexibility index (Phi) is 3.23. The smallest absolute Gasteiger partial charge is 0.153 e. The molecular weight excluding hydrogens is 302 g/mol. The number of anilines is 1. The number of methoxy groups -OCH3 is 1. The van der Waals surface area contributed by atoms with E-state index in [1.54, 1.807) is 7.11 Å². The van der Waals surface area contributed by atoms with Crippen LogP contribution >= 0.6 is 24.0 Å². The van der Waals surface area contributed by atoms with Crippen molar-refractivity contribution in [3.63, 3.8) is 0 Å². The predicted molar refractivity (Wildman–Crippen MR) is 81.9 cm³/mol. The van der Waals surface area contributed by atoms with Gasteiger partial charge in [-0.3, -0.25) is 0 Å². The molecule has 0 aromatic heterocycles. The number of thiocarbonyl (C=S) groups is 1. The molecule has 2 fully saturated rings. The zero-order valence-electron chi connectivity index (χ0n) is 10.3. The Bertz CT molecular complexity index is 612. The van der Waals surface area contributed by atoms with E-state index in [-0.39, 0.29) is 22.8 Å². The second-order valence-electron chi connectivity index (χ2n) is 4.63. The van der Waals surface area contributed by atoms with Gasteiger partial charge in [-0.2, -0.15) is 0 Å². The molecule has 3 rings (SSSR count). The molecule has 7 heteroatoms. The van der Waals surface area contributed by atoms with Crippen LogP contribution < -0.4 is 9.64 Å². The van der Waals surface area contributed by atoms with Crippen molar-refractivity contribution in [1.29, 1.82) is 0 Å². The summed E-state index contributed by atoms with van der Waals surface area (Å²) in [6.45, 7) is 0. The van der Waals surface area contributed by atoms with E-state index < -0.39 is 9.84 Å². The Morgan fingerprint density at radius 3 is 2.63 bits per heavy atom. The van der Waals surface area contributed by atoms with E-state index in [1.165, 1.54) is 11.8 Å². The summed E-state index contributed by atoms with van der Waals surface area (Å²) < 4.78 is 29.3. The minimum atomic E-state index is -2.93. The molecule has 2 saturated heterocycles. The highest BCUT2D eigenvalue weighted by atomic mass is 32.2. The molecule has 0 unspecified atom stereocenters. The number of ether oxygens (including phenoxy) is 1. The average molecular weight is 315 g/mol. The standard InChI is InChI=1S/C12H13NO3S3/c1-16-9-4-2-8(3-5-9)13-10-6-19(14,15)7-11(10)18-12(13)17/h2-5,10-11H,6-7H2,1H3/t10-,11+/m0/s1. The third kappa shape index (κ3) is 2.34. The molecule has 4 nitrogen and oxygen atoms in total. The lowest BCUT2D eigenvalue weighted by Crippen LogP contribution is -2.36. The molecule has 2 aliphatic rings. The van der Waals surface area contributed by atoms with Gasteiger partial charge in [0.1, 0.15) is 10.1 Å². The van der Waals surface area contributed by atoms with Crippen LogP contribution in [0.3, 0.4) is 0 Å². The first-order valence-electron chi connectivity index (χ1n) is 5.84. The lowest BCUT2D eigenvalue weighted by molar-refractivity contribution is 0.415. The Labute approximate surface area is 122 Å². The highest BCUT2D eigenvalue weighted by Crippen LogP contribution is 2.41. The first-order valence-corrected chi connectivity index (χ1v) is 8.95. The summed E-state index contributed by atoms with van der Waals surface area (Å²) in [7, 11) is -1.31. The first-order chi connectivity index (χ1) is 9.00. The van der Waals surface area contributed by atoms with Crippen molar-refractivity contribution in [3.8, 4) is 5.75 Å². The second-order valence-corrected chi connectivity index (χ2v) is 8.66. The van der Waals surface area contributed by atoms with Gasteiger partial charge in [0.25, 0.3) is 0 Å². The molecule has 0 spiro atoms. The second kappa shape index (κ2) is 4.64. The van der Waals surface area contributed by atoms with Gasteiger partial charge in [0.05, 0.1) is 24.7 Å². The largest absolute Gasteiger partial charge is 0.497 e. The molecule has 0 saturated carbocycles. The Balaban J connectivity index is 1.92. The number of hydrogen-bond donors (Lipinski definition) is 0. The summed E-state index contributed by atoms with van der Waals surface area (Å²) in [6.07, 6.45) is 0. The predicted octanol–water partition coefficient (Wildman–Crippen LogP) is 1.70. The highest BCUT2D eigenvalue weighted by Gasteiger charge is 2.48. The fourth-order valence-corrected chi connectivity index (χ4v) is 6.89. The molecule has 0 amide bonds. The van der Waals surface area contributed by atoms with Crippen molar-refractivity contribution in [2.24, 2.45) is 0 Å². The van der Waals surface area contributed by atoms with Crippen LogP contribution in [0, 0.1) is 0 Å². The normalized spacial score (nSPS) is 28.5. The van der Waals surface area contributed by atoms with Crippen molar-refractivity contribution in [1.82, 2.24) is 0 Å². The number of fused-ring (bicyclic) bond motifs is 1. The molecule has 19 heavy (non-hydrogen) atoms. The maximum atomic E-state index is 11.7. The lowest BCUT2D eigenvalue weighted by Gasteiger charge is -2.24. The fourth-order valence-electron chi connectivity index (χ4n) is 2.51. The molecule has 1 aromatic carbocycles. The quantitative estimate of drug-likeness (QED) is 0.774. The van der Waals surface area contributed by atoms with E-state index in [0.717, 1.165) is 15.8 Å². The van der Waals surface area contributed by atoms with E-state index in [4.69, 9.17) is 17.0 Å². The minimum absolute atomic E-state index is 0.0316. The van der Waals surface area contributed by atoms with Gasteiger partial charge in [-0.1, -0.05) is 24.0 Å². The van der Waals surface area contributed by atoms with Gasteiger partial charge < -0.3 is 9.64 Å².